The predicted molar refractivity (Wildman–Crippen MR) is 81.0 cm³/mol. The third-order valence-corrected chi connectivity index (χ3v) is 3.05. The number of carbonyl (C=O) groups excluding carboxylic acids is 1. The van der Waals surface area contributed by atoms with Crippen LogP contribution >= 0.6 is 23.2 Å². The number of ether oxygens (including phenoxy) is 1. The molecule has 2 aromatic rings. The quantitative estimate of drug-likeness (QED) is 0.587. The van der Waals surface area contributed by atoms with Gasteiger partial charge in [-0.3, -0.25) is 0 Å². The Morgan fingerprint density at radius 2 is 1.16 bits per heavy atom. The number of hydrogen-bond donors (Lipinski definition) is 1. The highest BCUT2D eigenvalue weighted by atomic mass is 35.5. The molecule has 0 saturated heterocycles. The van der Waals surface area contributed by atoms with Crippen molar-refractivity contribution in [3.8, 4) is 0 Å². The topological polar surface area (TPSA) is 63.6 Å². The number of hydrogen-bond acceptors (Lipinski definition) is 3. The molecule has 0 radical (unpaired) electrons. The van der Waals surface area contributed by atoms with Crippen LogP contribution in [0.2, 0.25) is 10.0 Å². The molecule has 1 N–H and O–H groups in total. The van der Waals surface area contributed by atoms with E-state index in [0.29, 0.717) is 0 Å². The van der Waals surface area contributed by atoms with Crippen LogP contribution in [0.5, 0.6) is 0 Å². The summed E-state index contributed by atoms with van der Waals surface area (Å²) < 4.78 is 55.3. The fourth-order valence-corrected chi connectivity index (χ4v) is 1.97. The maximum atomic E-state index is 12.9. The number of halogens is 6. The van der Waals surface area contributed by atoms with Crippen molar-refractivity contribution < 1.29 is 37.0 Å². The highest BCUT2D eigenvalue weighted by Crippen LogP contribution is 2.20. The fourth-order valence-electron chi connectivity index (χ4n) is 1.59. The van der Waals surface area contributed by atoms with Crippen molar-refractivity contribution >= 4 is 35.1 Å². The van der Waals surface area contributed by atoms with E-state index in [2.05, 4.69) is 4.74 Å². The summed E-state index contributed by atoms with van der Waals surface area (Å²) in [6, 6.07) is 3.18. The van der Waals surface area contributed by atoms with Crippen LogP contribution in [0.25, 0.3) is 0 Å². The number of aromatic carboxylic acids is 1. The molecule has 0 spiro atoms. The SMILES string of the molecule is COC(=O)c1c(F)cc(Cl)cc1F.O=C(O)c1c(F)cc(Cl)cc1F. The van der Waals surface area contributed by atoms with Crippen molar-refractivity contribution in [1.29, 1.82) is 0 Å². The van der Waals surface area contributed by atoms with Gasteiger partial charge in [-0.15, -0.1) is 0 Å². The van der Waals surface area contributed by atoms with Crippen molar-refractivity contribution in [3.05, 3.63) is 68.7 Å². The van der Waals surface area contributed by atoms with Crippen LogP contribution in [-0.2, 0) is 4.74 Å². The fraction of sp³-hybridized carbons (Fsp3) is 0.0667. The van der Waals surface area contributed by atoms with Gasteiger partial charge in [-0.25, -0.2) is 27.2 Å². The molecule has 10 heteroatoms. The zero-order valence-corrected chi connectivity index (χ0v) is 13.8. The lowest BCUT2D eigenvalue weighted by Crippen LogP contribution is -2.07. The molecule has 134 valence electrons. The Hall–Kier alpha value is -2.32. The second-order valence-electron chi connectivity index (χ2n) is 4.29. The summed E-state index contributed by atoms with van der Waals surface area (Å²) in [5, 5.41) is 8.03. The van der Waals surface area contributed by atoms with Gasteiger partial charge in [0.15, 0.2) is 0 Å². The van der Waals surface area contributed by atoms with Gasteiger partial charge in [0.25, 0.3) is 0 Å². The molecule has 4 nitrogen and oxygen atoms in total. The van der Waals surface area contributed by atoms with E-state index < -0.39 is 46.3 Å². The van der Waals surface area contributed by atoms with E-state index >= 15 is 0 Å². The average molecular weight is 399 g/mol. The Bertz CT molecular complexity index is 781. The minimum Gasteiger partial charge on any atom is -0.477 e. The first kappa shape index (κ1) is 20.7. The third-order valence-electron chi connectivity index (χ3n) is 2.62. The monoisotopic (exact) mass is 398 g/mol. The maximum absolute atomic E-state index is 12.9. The highest BCUT2D eigenvalue weighted by Gasteiger charge is 2.18. The van der Waals surface area contributed by atoms with Gasteiger partial charge < -0.3 is 9.84 Å². The minimum atomic E-state index is -1.65. The van der Waals surface area contributed by atoms with Gasteiger partial charge in [0, 0.05) is 10.0 Å². The van der Waals surface area contributed by atoms with Crippen molar-refractivity contribution in [2.24, 2.45) is 0 Å². The van der Waals surface area contributed by atoms with E-state index in [-0.39, 0.29) is 10.0 Å². The van der Waals surface area contributed by atoms with Crippen molar-refractivity contribution in [2.75, 3.05) is 7.11 Å². The first-order chi connectivity index (χ1) is 11.6. The summed E-state index contributed by atoms with van der Waals surface area (Å²) in [5.74, 6) is -7.12. The second kappa shape index (κ2) is 8.68. The summed E-state index contributed by atoms with van der Waals surface area (Å²) in [7, 11) is 1.04. The standard InChI is InChI=1S/C8H5ClF2O2.C7H3ClF2O2/c1-13-8(12)7-5(10)2-4(9)3-6(7)11;8-3-1-4(9)6(7(11)12)5(10)2-3/h2-3H,1H3;1-2H,(H,11,12). The summed E-state index contributed by atoms with van der Waals surface area (Å²) in [6.07, 6.45) is 0. The van der Waals surface area contributed by atoms with Crippen molar-refractivity contribution in [2.45, 2.75) is 0 Å². The van der Waals surface area contributed by atoms with Crippen LogP contribution in [0.3, 0.4) is 0 Å². The van der Waals surface area contributed by atoms with E-state index in [1.54, 1.807) is 0 Å². The number of rotatable bonds is 2. The van der Waals surface area contributed by atoms with Crippen LogP contribution in [0.4, 0.5) is 17.6 Å². The number of methoxy groups -OCH3 is 1. The molecule has 0 amide bonds. The molecule has 0 fully saturated rings. The lowest BCUT2D eigenvalue weighted by Gasteiger charge is -2.02. The molecule has 0 aromatic heterocycles. The molecule has 0 saturated carbocycles. The Morgan fingerprint density at radius 1 is 0.840 bits per heavy atom. The zero-order chi connectivity index (χ0) is 19.3. The van der Waals surface area contributed by atoms with Crippen LogP contribution in [-0.4, -0.2) is 24.2 Å². The van der Waals surface area contributed by atoms with E-state index in [9.17, 15) is 27.2 Å². The number of carboxylic acids is 1. The zero-order valence-electron chi connectivity index (χ0n) is 12.2. The molecule has 0 aliphatic carbocycles. The Morgan fingerprint density at radius 3 is 1.44 bits per heavy atom. The molecule has 0 aliphatic heterocycles. The number of carbonyl (C=O) groups is 2. The molecule has 0 aliphatic rings. The number of carboxylic acid groups (broad SMARTS) is 1. The lowest BCUT2D eigenvalue weighted by molar-refractivity contribution is 0.0588. The summed E-state index contributed by atoms with van der Waals surface area (Å²) in [6.45, 7) is 0. The van der Waals surface area contributed by atoms with E-state index in [1.807, 2.05) is 0 Å². The van der Waals surface area contributed by atoms with Gasteiger partial charge >= 0.3 is 11.9 Å². The van der Waals surface area contributed by atoms with Gasteiger partial charge in [0.1, 0.15) is 34.4 Å². The van der Waals surface area contributed by atoms with Crippen molar-refractivity contribution in [1.82, 2.24) is 0 Å². The van der Waals surface area contributed by atoms with Crippen LogP contribution in [0, 0.1) is 23.3 Å². The van der Waals surface area contributed by atoms with Crippen LogP contribution in [0.1, 0.15) is 20.7 Å². The smallest absolute Gasteiger partial charge is 0.343 e. The molecule has 0 bridgehead atoms. The average Bonchev–Trinajstić information content (AvgIpc) is 2.44. The second-order valence-corrected chi connectivity index (χ2v) is 5.16. The number of esters is 1. The minimum absolute atomic E-state index is 0.109. The maximum Gasteiger partial charge on any atom is 0.343 e. The third kappa shape index (κ3) is 5.33. The molecule has 0 unspecified atom stereocenters. The van der Waals surface area contributed by atoms with Crippen LogP contribution in [0.15, 0.2) is 24.3 Å². The Kier molecular flexibility index (Phi) is 7.20. The van der Waals surface area contributed by atoms with Gasteiger partial charge in [-0.05, 0) is 24.3 Å². The summed E-state index contributed by atoms with van der Waals surface area (Å²) in [4.78, 5) is 21.1. The molecule has 0 atom stereocenters. The van der Waals surface area contributed by atoms with Gasteiger partial charge in [0.05, 0.1) is 7.11 Å². The predicted octanol–water partition coefficient (Wildman–Crippen LogP) is 4.72. The van der Waals surface area contributed by atoms with Crippen molar-refractivity contribution in [3.63, 3.8) is 0 Å². The molecule has 0 heterocycles. The largest absolute Gasteiger partial charge is 0.477 e. The van der Waals surface area contributed by atoms with E-state index in [1.165, 1.54) is 0 Å². The molecule has 2 rings (SSSR count). The normalized spacial score (nSPS) is 9.88. The Labute approximate surface area is 148 Å². The molecular formula is C15H8Cl2F4O4. The summed E-state index contributed by atoms with van der Waals surface area (Å²) >= 11 is 10.6. The van der Waals surface area contributed by atoms with E-state index in [4.69, 9.17) is 28.3 Å². The molecular weight excluding hydrogens is 391 g/mol. The lowest BCUT2D eigenvalue weighted by atomic mass is 10.2. The number of benzene rings is 2. The highest BCUT2D eigenvalue weighted by molar-refractivity contribution is 6.31. The Balaban J connectivity index is 0.000000251. The van der Waals surface area contributed by atoms with Gasteiger partial charge in [-0.2, -0.15) is 0 Å². The molecule has 25 heavy (non-hydrogen) atoms. The van der Waals surface area contributed by atoms with E-state index in [0.717, 1.165) is 31.4 Å². The van der Waals surface area contributed by atoms with Gasteiger partial charge in [0.2, 0.25) is 0 Å². The van der Waals surface area contributed by atoms with Gasteiger partial charge in [-0.1, -0.05) is 23.2 Å². The summed E-state index contributed by atoms with van der Waals surface area (Å²) in [5.41, 5.74) is -1.72. The molecule has 2 aromatic carbocycles. The first-order valence-corrected chi connectivity index (χ1v) is 6.94. The first-order valence-electron chi connectivity index (χ1n) is 6.19. The van der Waals surface area contributed by atoms with Crippen LogP contribution < -0.4 is 0 Å².